The molecule has 1 amide bonds. The molecule has 0 aromatic carbocycles. The lowest BCUT2D eigenvalue weighted by atomic mass is 10.4. The molecule has 0 rings (SSSR count). The molecule has 0 heterocycles. The van der Waals surface area contributed by atoms with Crippen LogP contribution in [0.1, 0.15) is 26.2 Å². The van der Waals surface area contributed by atoms with Crippen molar-refractivity contribution in [2.24, 2.45) is 0 Å². The zero-order valence-electron chi connectivity index (χ0n) is 7.82. The molecule has 5 nitrogen and oxygen atoms in total. The van der Waals surface area contributed by atoms with Crippen molar-refractivity contribution >= 4 is 6.09 Å². The van der Waals surface area contributed by atoms with Crippen molar-refractivity contribution in [1.82, 2.24) is 5.32 Å². The molecule has 0 aliphatic carbocycles. The molecule has 1 unspecified atom stereocenters. The third kappa shape index (κ3) is 7.55. The number of carbonyl (C=O) groups is 1. The van der Waals surface area contributed by atoms with Gasteiger partial charge in [-0.2, -0.15) is 0 Å². The van der Waals surface area contributed by atoms with E-state index < -0.39 is 12.3 Å². The molecule has 0 radical (unpaired) electrons. The number of hydrogen-bond donors (Lipinski definition) is 3. The summed E-state index contributed by atoms with van der Waals surface area (Å²) in [4.78, 5) is 10.8. The summed E-state index contributed by atoms with van der Waals surface area (Å²) < 4.78 is 4.71. The topological polar surface area (TPSA) is 78.8 Å². The Kier molecular flexibility index (Phi) is 7.33. The Labute approximate surface area is 77.7 Å². The van der Waals surface area contributed by atoms with Crippen molar-refractivity contribution in [2.75, 3.05) is 13.2 Å². The summed E-state index contributed by atoms with van der Waals surface area (Å²) in [6, 6.07) is 0. The average molecular weight is 191 g/mol. The Hall–Kier alpha value is -0.810. The number of rotatable bonds is 6. The predicted molar refractivity (Wildman–Crippen MR) is 47.1 cm³/mol. The number of aliphatic hydroxyl groups excluding tert-OH is 2. The molecule has 0 fully saturated rings. The molecule has 0 spiro atoms. The molecule has 3 N–H and O–H groups in total. The summed E-state index contributed by atoms with van der Waals surface area (Å²) in [5.74, 6) is 0. The summed E-state index contributed by atoms with van der Waals surface area (Å²) in [6.07, 6.45) is 0.201. The quantitative estimate of drug-likeness (QED) is 0.414. The van der Waals surface area contributed by atoms with Gasteiger partial charge in [0.25, 0.3) is 0 Å². The number of aliphatic hydroxyl groups is 2. The Morgan fingerprint density at radius 2 is 2.31 bits per heavy atom. The fraction of sp³-hybridized carbons (Fsp3) is 0.875. The largest absolute Gasteiger partial charge is 0.450 e. The predicted octanol–water partition coefficient (Wildman–Crippen LogP) is 0.213. The summed E-state index contributed by atoms with van der Waals surface area (Å²) in [5, 5.41) is 19.6. The van der Waals surface area contributed by atoms with E-state index in [1.807, 2.05) is 6.92 Å². The molecule has 0 saturated carbocycles. The highest BCUT2D eigenvalue weighted by Gasteiger charge is 2.07. The van der Waals surface area contributed by atoms with Crippen molar-refractivity contribution in [3.8, 4) is 0 Å². The average Bonchev–Trinajstić information content (AvgIpc) is 2.05. The number of alkyl carbamates (subject to hydrolysis) is 1. The zero-order chi connectivity index (χ0) is 10.1. The van der Waals surface area contributed by atoms with Gasteiger partial charge < -0.3 is 14.9 Å². The number of hydrogen-bond acceptors (Lipinski definition) is 4. The molecule has 0 aliphatic rings. The minimum atomic E-state index is -1.03. The van der Waals surface area contributed by atoms with Crippen molar-refractivity contribution in [3.05, 3.63) is 0 Å². The van der Waals surface area contributed by atoms with Crippen LogP contribution >= 0.6 is 0 Å². The highest BCUT2D eigenvalue weighted by molar-refractivity contribution is 5.67. The number of unbranched alkanes of at least 4 members (excludes halogenated alkanes) is 1. The lowest BCUT2D eigenvalue weighted by Gasteiger charge is -2.11. The van der Waals surface area contributed by atoms with Crippen LogP contribution in [-0.4, -0.2) is 35.7 Å². The Morgan fingerprint density at radius 3 is 2.85 bits per heavy atom. The third-order valence-electron chi connectivity index (χ3n) is 1.42. The smallest absolute Gasteiger partial charge is 0.409 e. The maximum atomic E-state index is 10.8. The van der Waals surface area contributed by atoms with E-state index in [1.165, 1.54) is 0 Å². The molecule has 78 valence electrons. The minimum absolute atomic E-state index is 0.114. The Bertz CT molecular complexity index is 140. The van der Waals surface area contributed by atoms with E-state index in [-0.39, 0.29) is 13.0 Å². The van der Waals surface area contributed by atoms with Gasteiger partial charge in [0, 0.05) is 13.0 Å². The second-order valence-corrected chi connectivity index (χ2v) is 2.66. The van der Waals surface area contributed by atoms with Crippen molar-refractivity contribution in [1.29, 1.82) is 0 Å². The van der Waals surface area contributed by atoms with E-state index in [2.05, 4.69) is 5.32 Å². The van der Waals surface area contributed by atoms with Crippen LogP contribution in [-0.2, 0) is 4.74 Å². The third-order valence-corrected chi connectivity index (χ3v) is 1.42. The second-order valence-electron chi connectivity index (χ2n) is 2.66. The van der Waals surface area contributed by atoms with Crippen LogP contribution < -0.4 is 5.32 Å². The van der Waals surface area contributed by atoms with Crippen LogP contribution in [0, 0.1) is 0 Å². The van der Waals surface area contributed by atoms with Crippen LogP contribution in [0.2, 0.25) is 0 Å². The molecule has 0 aromatic rings. The van der Waals surface area contributed by atoms with E-state index in [0.717, 1.165) is 12.8 Å². The molecule has 5 heteroatoms. The molecule has 0 aromatic heterocycles. The standard InChI is InChI=1S/C8H17NO4/c1-2-3-6-13-8(12)9-7(11)4-5-10/h7,10-11H,2-6H2,1H3,(H,9,12). The summed E-state index contributed by atoms with van der Waals surface area (Å²) >= 11 is 0. The van der Waals surface area contributed by atoms with E-state index >= 15 is 0 Å². The molecule has 13 heavy (non-hydrogen) atoms. The Balaban J connectivity index is 3.38. The van der Waals surface area contributed by atoms with E-state index in [1.54, 1.807) is 0 Å². The van der Waals surface area contributed by atoms with Crippen LogP contribution in [0.15, 0.2) is 0 Å². The number of amides is 1. The van der Waals surface area contributed by atoms with Crippen LogP contribution in [0.3, 0.4) is 0 Å². The lowest BCUT2D eigenvalue weighted by Crippen LogP contribution is -2.35. The van der Waals surface area contributed by atoms with E-state index in [9.17, 15) is 4.79 Å². The number of carbonyl (C=O) groups excluding carboxylic acids is 1. The van der Waals surface area contributed by atoms with Crippen LogP contribution in [0.4, 0.5) is 4.79 Å². The van der Waals surface area contributed by atoms with Gasteiger partial charge in [-0.15, -0.1) is 0 Å². The second kappa shape index (κ2) is 7.82. The normalized spacial score (nSPS) is 12.2. The summed E-state index contributed by atoms with van der Waals surface area (Å²) in [7, 11) is 0. The van der Waals surface area contributed by atoms with Gasteiger partial charge in [-0.3, -0.25) is 5.32 Å². The maximum Gasteiger partial charge on any atom is 0.409 e. The summed E-state index contributed by atoms with van der Waals surface area (Å²) in [5.41, 5.74) is 0. The molecular formula is C8H17NO4. The lowest BCUT2D eigenvalue weighted by molar-refractivity contribution is 0.0815. The SMILES string of the molecule is CCCCOC(=O)NC(O)CCO. The first kappa shape index (κ1) is 12.2. The van der Waals surface area contributed by atoms with Gasteiger partial charge in [0.15, 0.2) is 0 Å². The Morgan fingerprint density at radius 1 is 1.62 bits per heavy atom. The van der Waals surface area contributed by atoms with Crippen molar-refractivity contribution in [3.63, 3.8) is 0 Å². The highest BCUT2D eigenvalue weighted by Crippen LogP contribution is 1.90. The first-order valence-electron chi connectivity index (χ1n) is 4.43. The van der Waals surface area contributed by atoms with Gasteiger partial charge in [-0.25, -0.2) is 4.79 Å². The monoisotopic (exact) mass is 191 g/mol. The number of nitrogens with one attached hydrogen (secondary N) is 1. The molecule has 0 aliphatic heterocycles. The molecule has 0 bridgehead atoms. The van der Waals surface area contributed by atoms with Crippen molar-refractivity contribution < 1.29 is 19.7 Å². The first-order chi connectivity index (χ1) is 6.20. The van der Waals surface area contributed by atoms with Gasteiger partial charge >= 0.3 is 6.09 Å². The fourth-order valence-electron chi connectivity index (χ4n) is 0.681. The van der Waals surface area contributed by atoms with Gasteiger partial charge in [0.05, 0.1) is 6.61 Å². The fourth-order valence-corrected chi connectivity index (χ4v) is 0.681. The van der Waals surface area contributed by atoms with Gasteiger partial charge in [-0.1, -0.05) is 13.3 Å². The first-order valence-corrected chi connectivity index (χ1v) is 4.43. The maximum absolute atomic E-state index is 10.8. The highest BCUT2D eigenvalue weighted by atomic mass is 16.6. The molecular weight excluding hydrogens is 174 g/mol. The van der Waals surface area contributed by atoms with Crippen LogP contribution in [0.25, 0.3) is 0 Å². The minimum Gasteiger partial charge on any atom is -0.450 e. The van der Waals surface area contributed by atoms with E-state index in [0.29, 0.717) is 6.61 Å². The summed E-state index contributed by atoms with van der Waals surface area (Å²) in [6.45, 7) is 2.17. The van der Waals surface area contributed by atoms with E-state index in [4.69, 9.17) is 14.9 Å². The zero-order valence-corrected chi connectivity index (χ0v) is 7.82. The molecule has 0 saturated heterocycles. The van der Waals surface area contributed by atoms with Crippen molar-refractivity contribution in [2.45, 2.75) is 32.4 Å². The number of ether oxygens (including phenoxy) is 1. The molecule has 1 atom stereocenters. The van der Waals surface area contributed by atoms with Gasteiger partial charge in [0.2, 0.25) is 0 Å². The van der Waals surface area contributed by atoms with Gasteiger partial charge in [0.1, 0.15) is 6.23 Å². The van der Waals surface area contributed by atoms with Gasteiger partial charge in [-0.05, 0) is 6.42 Å². The van der Waals surface area contributed by atoms with Crippen LogP contribution in [0.5, 0.6) is 0 Å².